The first-order valence-corrected chi connectivity index (χ1v) is 2.90. The van der Waals surface area contributed by atoms with Crippen molar-refractivity contribution in [2.75, 3.05) is 7.05 Å². The van der Waals surface area contributed by atoms with Crippen molar-refractivity contribution in [2.24, 2.45) is 5.73 Å². The van der Waals surface area contributed by atoms with Crippen molar-refractivity contribution in [3.63, 3.8) is 0 Å². The second-order valence-electron chi connectivity index (χ2n) is 2.06. The molecule has 9 heavy (non-hydrogen) atoms. The Labute approximate surface area is 56.4 Å². The van der Waals surface area contributed by atoms with Crippen LogP contribution in [0, 0.1) is 0 Å². The van der Waals surface area contributed by atoms with Gasteiger partial charge < -0.3 is 11.1 Å². The van der Waals surface area contributed by atoms with Crippen molar-refractivity contribution in [1.29, 1.82) is 0 Å². The lowest BCUT2D eigenvalue weighted by Gasteiger charge is -2.12. The molecular formula is C7H14N2. The highest BCUT2D eigenvalue weighted by atomic mass is 14.9. The Morgan fingerprint density at radius 2 is 2.00 bits per heavy atom. The molecule has 2 nitrogen and oxygen atoms in total. The molecule has 0 saturated carbocycles. The maximum atomic E-state index is 5.38. The van der Waals surface area contributed by atoms with Crippen LogP contribution in [0.2, 0.25) is 0 Å². The molecule has 0 aliphatic heterocycles. The fourth-order valence-corrected chi connectivity index (χ4v) is 0.452. The van der Waals surface area contributed by atoms with E-state index in [0.29, 0.717) is 5.70 Å². The van der Waals surface area contributed by atoms with Crippen LogP contribution in [0.5, 0.6) is 0 Å². The van der Waals surface area contributed by atoms with Gasteiger partial charge in [0.1, 0.15) is 0 Å². The molecule has 0 aromatic carbocycles. The topological polar surface area (TPSA) is 38.0 Å². The van der Waals surface area contributed by atoms with Crippen LogP contribution in [0.1, 0.15) is 6.92 Å². The average Bonchev–Trinajstić information content (AvgIpc) is 1.84. The van der Waals surface area contributed by atoms with Crippen LogP contribution < -0.4 is 11.1 Å². The molecule has 52 valence electrons. The first kappa shape index (κ1) is 8.24. The van der Waals surface area contributed by atoms with Gasteiger partial charge >= 0.3 is 0 Å². The van der Waals surface area contributed by atoms with Gasteiger partial charge in [-0.3, -0.25) is 0 Å². The summed E-state index contributed by atoms with van der Waals surface area (Å²) in [6.45, 7) is 9.29. The molecule has 1 unspecified atom stereocenters. The third kappa shape index (κ3) is 2.33. The quantitative estimate of drug-likeness (QED) is 0.544. The Bertz CT molecular complexity index is 127. The van der Waals surface area contributed by atoms with Gasteiger partial charge in [0.05, 0.1) is 0 Å². The van der Waals surface area contributed by atoms with Crippen LogP contribution in [0.4, 0.5) is 0 Å². The molecule has 0 aliphatic rings. The number of hydrogen-bond donors (Lipinski definition) is 2. The summed E-state index contributed by atoms with van der Waals surface area (Å²) < 4.78 is 0. The molecule has 0 saturated heterocycles. The Morgan fingerprint density at radius 3 is 2.11 bits per heavy atom. The van der Waals surface area contributed by atoms with E-state index in [1.807, 2.05) is 14.0 Å². The van der Waals surface area contributed by atoms with Gasteiger partial charge in [-0.25, -0.2) is 0 Å². The minimum Gasteiger partial charge on any atom is -0.399 e. The van der Waals surface area contributed by atoms with E-state index in [-0.39, 0.29) is 6.04 Å². The lowest BCUT2D eigenvalue weighted by Crippen LogP contribution is -2.25. The lowest BCUT2D eigenvalue weighted by molar-refractivity contribution is 0.699. The highest BCUT2D eigenvalue weighted by Gasteiger charge is 2.02. The minimum absolute atomic E-state index is 0.225. The highest BCUT2D eigenvalue weighted by molar-refractivity contribution is 5.26. The van der Waals surface area contributed by atoms with E-state index in [9.17, 15) is 0 Å². The van der Waals surface area contributed by atoms with E-state index in [0.717, 1.165) is 5.57 Å². The third-order valence-corrected chi connectivity index (χ3v) is 1.37. The smallest absolute Gasteiger partial charge is 0.0303 e. The molecule has 1 atom stereocenters. The Kier molecular flexibility index (Phi) is 3.02. The van der Waals surface area contributed by atoms with E-state index in [1.54, 1.807) is 0 Å². The molecule has 0 radical (unpaired) electrons. The SMILES string of the molecule is C=C(N)C(=C)C(C)NC. The Balaban J connectivity index is 3.88. The van der Waals surface area contributed by atoms with Crippen LogP contribution in [0.25, 0.3) is 0 Å². The number of likely N-dealkylation sites (N-methyl/N-ethyl adjacent to an activating group) is 1. The molecule has 0 aromatic heterocycles. The summed E-state index contributed by atoms with van der Waals surface area (Å²) in [4.78, 5) is 0. The van der Waals surface area contributed by atoms with Crippen molar-refractivity contribution in [1.82, 2.24) is 5.32 Å². The summed E-state index contributed by atoms with van der Waals surface area (Å²) in [5, 5.41) is 3.01. The largest absolute Gasteiger partial charge is 0.399 e. The maximum absolute atomic E-state index is 5.38. The first-order valence-electron chi connectivity index (χ1n) is 2.90. The first-order chi connectivity index (χ1) is 4.09. The zero-order valence-electron chi connectivity index (χ0n) is 6.07. The van der Waals surface area contributed by atoms with Gasteiger partial charge in [0, 0.05) is 11.7 Å². The van der Waals surface area contributed by atoms with Crippen LogP contribution >= 0.6 is 0 Å². The van der Waals surface area contributed by atoms with Gasteiger partial charge in [-0.05, 0) is 19.5 Å². The molecule has 0 rings (SSSR count). The van der Waals surface area contributed by atoms with Crippen LogP contribution in [0.15, 0.2) is 24.4 Å². The molecular weight excluding hydrogens is 112 g/mol. The van der Waals surface area contributed by atoms with Gasteiger partial charge in [-0.2, -0.15) is 0 Å². The molecule has 0 amide bonds. The van der Waals surface area contributed by atoms with E-state index in [4.69, 9.17) is 5.73 Å². The van der Waals surface area contributed by atoms with Gasteiger partial charge in [-0.1, -0.05) is 13.2 Å². The standard InChI is InChI=1S/C7H14N2/c1-5(6(2)8)7(3)9-4/h7,9H,1-2,8H2,3-4H3. The predicted octanol–water partition coefficient (Wildman–Crippen LogP) is 0.623. The molecule has 2 heteroatoms. The second-order valence-corrected chi connectivity index (χ2v) is 2.06. The second kappa shape index (κ2) is 3.30. The fraction of sp³-hybridized carbons (Fsp3) is 0.429. The summed E-state index contributed by atoms with van der Waals surface area (Å²) in [6, 6.07) is 0.225. The highest BCUT2D eigenvalue weighted by Crippen LogP contribution is 2.02. The number of rotatable bonds is 3. The summed E-state index contributed by atoms with van der Waals surface area (Å²) in [5.74, 6) is 0. The zero-order valence-corrected chi connectivity index (χ0v) is 6.07. The van der Waals surface area contributed by atoms with Crippen molar-refractivity contribution in [3.05, 3.63) is 24.4 Å². The summed E-state index contributed by atoms with van der Waals surface area (Å²) >= 11 is 0. The molecule has 0 fully saturated rings. The molecule has 0 spiro atoms. The number of hydrogen-bond acceptors (Lipinski definition) is 2. The van der Waals surface area contributed by atoms with E-state index < -0.39 is 0 Å². The Morgan fingerprint density at radius 1 is 1.56 bits per heavy atom. The van der Waals surface area contributed by atoms with Gasteiger partial charge in [0.25, 0.3) is 0 Å². The van der Waals surface area contributed by atoms with Crippen molar-refractivity contribution >= 4 is 0 Å². The van der Waals surface area contributed by atoms with Gasteiger partial charge in [-0.15, -0.1) is 0 Å². The minimum atomic E-state index is 0.225. The zero-order chi connectivity index (χ0) is 7.44. The number of nitrogens with one attached hydrogen (secondary N) is 1. The molecule has 0 bridgehead atoms. The lowest BCUT2D eigenvalue weighted by atomic mass is 10.1. The fourth-order valence-electron chi connectivity index (χ4n) is 0.452. The van der Waals surface area contributed by atoms with Crippen molar-refractivity contribution < 1.29 is 0 Å². The van der Waals surface area contributed by atoms with E-state index in [2.05, 4.69) is 18.5 Å². The third-order valence-electron chi connectivity index (χ3n) is 1.37. The van der Waals surface area contributed by atoms with Crippen LogP contribution in [0.3, 0.4) is 0 Å². The van der Waals surface area contributed by atoms with Crippen LogP contribution in [-0.2, 0) is 0 Å². The summed E-state index contributed by atoms with van der Waals surface area (Å²) in [6.07, 6.45) is 0. The van der Waals surface area contributed by atoms with E-state index >= 15 is 0 Å². The normalized spacial score (nSPS) is 12.7. The van der Waals surface area contributed by atoms with Crippen LogP contribution in [-0.4, -0.2) is 13.1 Å². The average molecular weight is 126 g/mol. The molecule has 0 aromatic rings. The van der Waals surface area contributed by atoms with Crippen molar-refractivity contribution in [3.8, 4) is 0 Å². The van der Waals surface area contributed by atoms with Crippen molar-refractivity contribution in [2.45, 2.75) is 13.0 Å². The maximum Gasteiger partial charge on any atom is 0.0303 e. The molecule has 0 heterocycles. The van der Waals surface area contributed by atoms with Gasteiger partial charge in [0.15, 0.2) is 0 Å². The summed E-state index contributed by atoms with van der Waals surface area (Å²) in [7, 11) is 1.86. The van der Waals surface area contributed by atoms with Gasteiger partial charge in [0.2, 0.25) is 0 Å². The Hall–Kier alpha value is -0.760. The molecule has 3 N–H and O–H groups in total. The predicted molar refractivity (Wildman–Crippen MR) is 41.0 cm³/mol. The summed E-state index contributed by atoms with van der Waals surface area (Å²) in [5.41, 5.74) is 6.79. The number of nitrogens with two attached hydrogens (primary N) is 1. The molecule has 0 aliphatic carbocycles. The van der Waals surface area contributed by atoms with E-state index in [1.165, 1.54) is 0 Å². The monoisotopic (exact) mass is 126 g/mol.